The molecule has 1 unspecified atom stereocenters. The van der Waals surface area contributed by atoms with Gasteiger partial charge in [-0.05, 0) is 25.0 Å². The lowest BCUT2D eigenvalue weighted by molar-refractivity contribution is -0.134. The number of thiazole rings is 1. The second-order valence-corrected chi connectivity index (χ2v) is 7.97. The van der Waals surface area contributed by atoms with Crippen molar-refractivity contribution < 1.29 is 23.8 Å². The second kappa shape index (κ2) is 8.79. The minimum Gasteiger partial charge on any atom is -0.493 e. The summed E-state index contributed by atoms with van der Waals surface area (Å²) in [5.74, 6) is 0.889. The number of anilines is 1. The molecule has 0 saturated carbocycles. The van der Waals surface area contributed by atoms with E-state index in [9.17, 15) is 9.59 Å². The van der Waals surface area contributed by atoms with Gasteiger partial charge in [-0.15, -0.1) is 0 Å². The van der Waals surface area contributed by atoms with Crippen molar-refractivity contribution in [3.63, 3.8) is 0 Å². The summed E-state index contributed by atoms with van der Waals surface area (Å²) in [6.07, 6.45) is 1.91. The highest BCUT2D eigenvalue weighted by Crippen LogP contribution is 2.30. The maximum atomic E-state index is 12.6. The monoisotopic (exact) mass is 417 g/mol. The number of carbonyl (C=O) groups is 2. The first-order chi connectivity index (χ1) is 14.1. The Morgan fingerprint density at radius 1 is 1.34 bits per heavy atom. The number of fused-ring (bicyclic) bond motifs is 1. The molecule has 2 aromatic rings. The van der Waals surface area contributed by atoms with Crippen molar-refractivity contribution in [2.24, 2.45) is 0 Å². The number of hydrogen-bond acceptors (Lipinski definition) is 7. The number of ether oxygens (including phenoxy) is 3. The average Bonchev–Trinajstić information content (AvgIpc) is 3.41. The fraction of sp³-hybridized carbons (Fsp3) is 0.450. The van der Waals surface area contributed by atoms with Crippen LogP contribution in [0.15, 0.2) is 24.3 Å². The molecule has 29 heavy (non-hydrogen) atoms. The molecule has 9 heteroatoms. The molecule has 1 fully saturated rings. The Labute approximate surface area is 172 Å². The fourth-order valence-corrected chi connectivity index (χ4v) is 4.43. The second-order valence-electron chi connectivity index (χ2n) is 6.88. The van der Waals surface area contributed by atoms with Crippen LogP contribution in [-0.4, -0.2) is 54.7 Å². The quantitative estimate of drug-likeness (QED) is 0.775. The summed E-state index contributed by atoms with van der Waals surface area (Å²) in [6, 6.07) is 7.24. The molecule has 2 aliphatic rings. The number of rotatable bonds is 6. The SMILES string of the molecule is COc1ccccc1OCC(=O)N1CCc2nc(NC(=O)C3CCCO3)sc2C1. The molecule has 1 saturated heterocycles. The smallest absolute Gasteiger partial charge is 0.260 e. The number of para-hydroxylation sites is 2. The topological polar surface area (TPSA) is 90.0 Å². The summed E-state index contributed by atoms with van der Waals surface area (Å²) < 4.78 is 16.3. The summed E-state index contributed by atoms with van der Waals surface area (Å²) in [4.78, 5) is 32.1. The molecule has 1 N–H and O–H groups in total. The van der Waals surface area contributed by atoms with Crippen molar-refractivity contribution in [1.82, 2.24) is 9.88 Å². The van der Waals surface area contributed by atoms with E-state index in [0.717, 1.165) is 23.4 Å². The summed E-state index contributed by atoms with van der Waals surface area (Å²) in [5, 5.41) is 3.41. The molecular formula is C20H23N3O5S. The number of nitrogens with one attached hydrogen (secondary N) is 1. The normalized spacial score (nSPS) is 18.2. The molecule has 154 valence electrons. The van der Waals surface area contributed by atoms with Crippen LogP contribution in [0, 0.1) is 0 Å². The molecule has 1 atom stereocenters. The van der Waals surface area contributed by atoms with Gasteiger partial charge in [0, 0.05) is 24.4 Å². The first kappa shape index (κ1) is 19.7. The van der Waals surface area contributed by atoms with Crippen molar-refractivity contribution in [2.75, 3.05) is 32.2 Å². The number of hydrogen-bond donors (Lipinski definition) is 1. The van der Waals surface area contributed by atoms with Gasteiger partial charge in [0.1, 0.15) is 6.10 Å². The van der Waals surface area contributed by atoms with Crippen molar-refractivity contribution >= 4 is 28.3 Å². The number of aromatic nitrogens is 1. The highest BCUT2D eigenvalue weighted by Gasteiger charge is 2.27. The summed E-state index contributed by atoms with van der Waals surface area (Å²) in [6.45, 7) is 1.61. The van der Waals surface area contributed by atoms with Crippen LogP contribution in [0.2, 0.25) is 0 Å². The lowest BCUT2D eigenvalue weighted by Gasteiger charge is -2.26. The van der Waals surface area contributed by atoms with Crippen molar-refractivity contribution in [3.05, 3.63) is 34.8 Å². The summed E-state index contributed by atoms with van der Waals surface area (Å²) >= 11 is 1.41. The summed E-state index contributed by atoms with van der Waals surface area (Å²) in [7, 11) is 1.56. The Hall–Kier alpha value is -2.65. The van der Waals surface area contributed by atoms with E-state index in [1.807, 2.05) is 12.1 Å². The maximum Gasteiger partial charge on any atom is 0.260 e. The van der Waals surface area contributed by atoms with E-state index in [1.165, 1.54) is 11.3 Å². The molecule has 0 bridgehead atoms. The number of methoxy groups -OCH3 is 1. The van der Waals surface area contributed by atoms with Crippen LogP contribution in [0.5, 0.6) is 11.5 Å². The van der Waals surface area contributed by atoms with Crippen molar-refractivity contribution in [2.45, 2.75) is 31.9 Å². The highest BCUT2D eigenvalue weighted by molar-refractivity contribution is 7.15. The van der Waals surface area contributed by atoms with Gasteiger partial charge < -0.3 is 19.1 Å². The Morgan fingerprint density at radius 2 is 2.17 bits per heavy atom. The highest BCUT2D eigenvalue weighted by atomic mass is 32.1. The van der Waals surface area contributed by atoms with Crippen LogP contribution in [0.25, 0.3) is 0 Å². The third kappa shape index (κ3) is 4.51. The number of nitrogens with zero attached hydrogens (tertiary/aromatic N) is 2. The van der Waals surface area contributed by atoms with Gasteiger partial charge in [-0.1, -0.05) is 23.5 Å². The predicted octanol–water partition coefficient (Wildman–Crippen LogP) is 2.23. The standard InChI is InChI=1S/C20H23N3O5S/c1-26-14-5-2-3-6-15(14)28-12-18(24)23-9-8-13-17(11-23)29-20(21-13)22-19(25)16-7-4-10-27-16/h2-3,5-6,16H,4,7-12H2,1H3,(H,21,22,25). The summed E-state index contributed by atoms with van der Waals surface area (Å²) in [5.41, 5.74) is 0.937. The van der Waals surface area contributed by atoms with E-state index in [-0.39, 0.29) is 24.5 Å². The zero-order valence-corrected chi connectivity index (χ0v) is 17.0. The first-order valence-corrected chi connectivity index (χ1v) is 10.4. The van der Waals surface area contributed by atoms with Crippen LogP contribution in [-0.2, 0) is 27.3 Å². The van der Waals surface area contributed by atoms with E-state index in [2.05, 4.69) is 10.3 Å². The third-order valence-corrected chi connectivity index (χ3v) is 5.95. The fourth-order valence-electron chi connectivity index (χ4n) is 3.40. The van der Waals surface area contributed by atoms with E-state index in [0.29, 0.717) is 42.7 Å². The molecule has 2 amide bonds. The van der Waals surface area contributed by atoms with Crippen LogP contribution in [0.3, 0.4) is 0 Å². The molecule has 4 rings (SSSR count). The molecule has 1 aromatic carbocycles. The van der Waals surface area contributed by atoms with Crippen LogP contribution >= 0.6 is 11.3 Å². The van der Waals surface area contributed by atoms with E-state index < -0.39 is 0 Å². The number of carbonyl (C=O) groups excluding carboxylic acids is 2. The largest absolute Gasteiger partial charge is 0.493 e. The molecule has 0 spiro atoms. The zero-order valence-electron chi connectivity index (χ0n) is 16.2. The van der Waals surface area contributed by atoms with Crippen molar-refractivity contribution in [1.29, 1.82) is 0 Å². The van der Waals surface area contributed by atoms with E-state index in [4.69, 9.17) is 14.2 Å². The maximum absolute atomic E-state index is 12.6. The third-order valence-electron chi connectivity index (χ3n) is 4.96. The Morgan fingerprint density at radius 3 is 2.93 bits per heavy atom. The lowest BCUT2D eigenvalue weighted by Crippen LogP contribution is -2.38. The zero-order chi connectivity index (χ0) is 20.2. The Bertz CT molecular complexity index is 894. The number of benzene rings is 1. The molecular weight excluding hydrogens is 394 g/mol. The molecule has 3 heterocycles. The molecule has 8 nitrogen and oxygen atoms in total. The van der Waals surface area contributed by atoms with Gasteiger partial charge in [0.15, 0.2) is 23.2 Å². The van der Waals surface area contributed by atoms with Crippen LogP contribution in [0.4, 0.5) is 5.13 Å². The van der Waals surface area contributed by atoms with Gasteiger partial charge in [0.2, 0.25) is 0 Å². The predicted molar refractivity (Wildman–Crippen MR) is 107 cm³/mol. The van der Waals surface area contributed by atoms with E-state index >= 15 is 0 Å². The van der Waals surface area contributed by atoms with Gasteiger partial charge in [-0.3, -0.25) is 14.9 Å². The first-order valence-electron chi connectivity index (χ1n) is 9.58. The Kier molecular flexibility index (Phi) is 5.96. The van der Waals surface area contributed by atoms with Gasteiger partial charge >= 0.3 is 0 Å². The van der Waals surface area contributed by atoms with Gasteiger partial charge in [-0.25, -0.2) is 4.98 Å². The minimum absolute atomic E-state index is 0.0584. The van der Waals surface area contributed by atoms with Gasteiger partial charge in [0.05, 0.1) is 19.3 Å². The number of amides is 2. The lowest BCUT2D eigenvalue weighted by atomic mass is 10.2. The van der Waals surface area contributed by atoms with Gasteiger partial charge in [0.25, 0.3) is 11.8 Å². The van der Waals surface area contributed by atoms with Crippen LogP contribution < -0.4 is 14.8 Å². The molecule has 1 aromatic heterocycles. The van der Waals surface area contributed by atoms with Gasteiger partial charge in [-0.2, -0.15) is 0 Å². The van der Waals surface area contributed by atoms with E-state index in [1.54, 1.807) is 24.1 Å². The average molecular weight is 417 g/mol. The molecule has 0 radical (unpaired) electrons. The van der Waals surface area contributed by atoms with Crippen LogP contribution in [0.1, 0.15) is 23.4 Å². The Balaban J connectivity index is 1.34. The molecule has 2 aliphatic heterocycles. The van der Waals surface area contributed by atoms with Crippen molar-refractivity contribution in [3.8, 4) is 11.5 Å². The molecule has 0 aliphatic carbocycles. The minimum atomic E-state index is -0.388.